The molecular formula is C22H20FN3O4S. The van der Waals surface area contributed by atoms with Gasteiger partial charge in [-0.25, -0.2) is 9.18 Å². The number of nitrogens with zero attached hydrogens (tertiary/aromatic N) is 3. The van der Waals surface area contributed by atoms with Crippen LogP contribution in [0.3, 0.4) is 0 Å². The lowest BCUT2D eigenvalue weighted by Crippen LogP contribution is -2.51. The zero-order valence-corrected chi connectivity index (χ0v) is 18.2. The molecule has 0 saturated carbocycles. The average molecular weight is 441 g/mol. The highest BCUT2D eigenvalue weighted by Gasteiger charge is 2.53. The molecule has 9 heteroatoms. The van der Waals surface area contributed by atoms with Gasteiger partial charge in [0.2, 0.25) is 0 Å². The first-order chi connectivity index (χ1) is 14.7. The fourth-order valence-corrected chi connectivity index (χ4v) is 4.09. The second-order valence-corrected chi connectivity index (χ2v) is 7.60. The van der Waals surface area contributed by atoms with Crippen molar-refractivity contribution < 1.29 is 23.5 Å². The van der Waals surface area contributed by atoms with Crippen molar-refractivity contribution in [2.24, 2.45) is 0 Å². The van der Waals surface area contributed by atoms with Crippen LogP contribution in [0.15, 0.2) is 36.4 Å². The Morgan fingerprint density at radius 1 is 1.23 bits per heavy atom. The Hall–Kier alpha value is -3.35. The number of esters is 1. The number of carbonyl (C=O) groups is 2. The number of methoxy groups -OCH3 is 2. The molecule has 2 aromatic rings. The second-order valence-electron chi connectivity index (χ2n) is 7.23. The van der Waals surface area contributed by atoms with Gasteiger partial charge >= 0.3 is 5.97 Å². The van der Waals surface area contributed by atoms with E-state index >= 15 is 0 Å². The largest absolute Gasteiger partial charge is 0.465 e. The van der Waals surface area contributed by atoms with E-state index in [1.165, 1.54) is 29.0 Å². The molecule has 1 amide bonds. The molecule has 7 nitrogen and oxygen atoms in total. The Labute approximate surface area is 184 Å². The number of aryl methyl sites for hydroxylation is 1. The summed E-state index contributed by atoms with van der Waals surface area (Å²) in [5.74, 6) is -1.97. The molecule has 1 unspecified atom stereocenters. The minimum absolute atomic E-state index is 0.0158. The summed E-state index contributed by atoms with van der Waals surface area (Å²) in [4.78, 5) is 28.0. The monoisotopic (exact) mass is 441 g/mol. The van der Waals surface area contributed by atoms with Gasteiger partial charge in [-0.05, 0) is 68.0 Å². The summed E-state index contributed by atoms with van der Waals surface area (Å²) >= 11 is 5.62. The van der Waals surface area contributed by atoms with E-state index in [1.807, 2.05) is 0 Å². The maximum absolute atomic E-state index is 14.6. The fourth-order valence-electron chi connectivity index (χ4n) is 3.60. The van der Waals surface area contributed by atoms with Crippen LogP contribution in [0, 0.1) is 24.1 Å². The summed E-state index contributed by atoms with van der Waals surface area (Å²) in [5, 5.41) is 9.30. The van der Waals surface area contributed by atoms with E-state index < -0.39 is 17.3 Å². The number of benzene rings is 2. The third kappa shape index (κ3) is 3.65. The Kier molecular flexibility index (Phi) is 6.06. The summed E-state index contributed by atoms with van der Waals surface area (Å²) in [6, 6.07) is 10.9. The topological polar surface area (TPSA) is 82.9 Å². The zero-order chi connectivity index (χ0) is 22.9. The number of thiocarbonyl (C=S) groups is 1. The number of anilines is 2. The van der Waals surface area contributed by atoms with Crippen LogP contribution >= 0.6 is 12.2 Å². The van der Waals surface area contributed by atoms with Crippen molar-refractivity contribution in [2.45, 2.75) is 19.4 Å². The van der Waals surface area contributed by atoms with E-state index in [9.17, 15) is 19.2 Å². The molecule has 0 bridgehead atoms. The van der Waals surface area contributed by atoms with E-state index in [0.717, 1.165) is 13.2 Å². The molecule has 1 atom stereocenters. The molecule has 1 aliphatic heterocycles. The molecule has 160 valence electrons. The van der Waals surface area contributed by atoms with Crippen LogP contribution < -0.4 is 9.80 Å². The molecular weight excluding hydrogens is 421 g/mol. The average Bonchev–Trinajstić information content (AvgIpc) is 2.92. The second kappa shape index (κ2) is 8.41. The summed E-state index contributed by atoms with van der Waals surface area (Å²) in [6.07, 6.45) is 0. The SMILES string of the molecule is COCC1(C)C(=O)N(c2ccc(C#N)c(C)c2)C(=S)N1c1ccc(C(=O)OC)c(F)c1. The van der Waals surface area contributed by atoms with E-state index in [2.05, 4.69) is 10.8 Å². The summed E-state index contributed by atoms with van der Waals surface area (Å²) < 4.78 is 24.5. The van der Waals surface area contributed by atoms with Gasteiger partial charge in [0.1, 0.15) is 11.4 Å². The third-order valence-corrected chi connectivity index (χ3v) is 5.54. The predicted octanol–water partition coefficient (Wildman–Crippen LogP) is 3.34. The van der Waals surface area contributed by atoms with Crippen LogP contribution in [0.1, 0.15) is 28.4 Å². The third-order valence-electron chi connectivity index (χ3n) is 5.17. The normalized spacial score (nSPS) is 18.3. The van der Waals surface area contributed by atoms with Crippen molar-refractivity contribution in [3.63, 3.8) is 0 Å². The Morgan fingerprint density at radius 3 is 2.45 bits per heavy atom. The van der Waals surface area contributed by atoms with Crippen molar-refractivity contribution in [3.05, 3.63) is 58.9 Å². The molecule has 1 saturated heterocycles. The van der Waals surface area contributed by atoms with Crippen LogP contribution in [-0.2, 0) is 14.3 Å². The van der Waals surface area contributed by atoms with Gasteiger partial charge in [-0.1, -0.05) is 0 Å². The van der Waals surface area contributed by atoms with Crippen LogP contribution in [0.4, 0.5) is 15.8 Å². The highest BCUT2D eigenvalue weighted by Crippen LogP contribution is 2.37. The molecule has 31 heavy (non-hydrogen) atoms. The number of rotatable bonds is 5. The molecule has 0 radical (unpaired) electrons. The highest BCUT2D eigenvalue weighted by atomic mass is 32.1. The maximum Gasteiger partial charge on any atom is 0.340 e. The number of carbonyl (C=O) groups excluding carboxylic acids is 2. The van der Waals surface area contributed by atoms with E-state index in [4.69, 9.17) is 17.0 Å². The summed E-state index contributed by atoms with van der Waals surface area (Å²) in [6.45, 7) is 3.39. The molecule has 1 aliphatic rings. The minimum Gasteiger partial charge on any atom is -0.465 e. The van der Waals surface area contributed by atoms with Gasteiger partial charge in [-0.3, -0.25) is 9.69 Å². The zero-order valence-electron chi connectivity index (χ0n) is 17.4. The number of halogens is 1. The van der Waals surface area contributed by atoms with Crippen molar-refractivity contribution in [3.8, 4) is 6.07 Å². The first kappa shape index (κ1) is 22.3. The molecule has 2 aromatic carbocycles. The van der Waals surface area contributed by atoms with Crippen molar-refractivity contribution in [1.29, 1.82) is 5.26 Å². The predicted molar refractivity (Wildman–Crippen MR) is 116 cm³/mol. The van der Waals surface area contributed by atoms with Gasteiger partial charge < -0.3 is 14.4 Å². The molecule has 1 fully saturated rings. The van der Waals surface area contributed by atoms with Gasteiger partial charge in [-0.15, -0.1) is 0 Å². The maximum atomic E-state index is 14.6. The van der Waals surface area contributed by atoms with Gasteiger partial charge in [0, 0.05) is 12.8 Å². The lowest BCUT2D eigenvalue weighted by molar-refractivity contribution is -0.122. The minimum atomic E-state index is -1.26. The van der Waals surface area contributed by atoms with Crippen molar-refractivity contribution >= 4 is 40.6 Å². The van der Waals surface area contributed by atoms with Crippen LogP contribution in [-0.4, -0.2) is 43.4 Å². The summed E-state index contributed by atoms with van der Waals surface area (Å²) in [7, 11) is 2.62. The first-order valence-corrected chi connectivity index (χ1v) is 9.66. The Morgan fingerprint density at radius 2 is 1.90 bits per heavy atom. The molecule has 0 spiro atoms. The number of ether oxygens (including phenoxy) is 2. The fraction of sp³-hybridized carbons (Fsp3) is 0.273. The smallest absolute Gasteiger partial charge is 0.340 e. The highest BCUT2D eigenvalue weighted by molar-refractivity contribution is 7.81. The van der Waals surface area contributed by atoms with Gasteiger partial charge in [0.15, 0.2) is 5.11 Å². The lowest BCUT2D eigenvalue weighted by Gasteiger charge is -2.32. The molecule has 3 rings (SSSR count). The van der Waals surface area contributed by atoms with Gasteiger partial charge in [-0.2, -0.15) is 5.26 Å². The molecule has 0 aromatic heterocycles. The van der Waals surface area contributed by atoms with Crippen LogP contribution in [0.2, 0.25) is 0 Å². The molecule has 1 heterocycles. The standard InChI is InChI=1S/C22H20FN3O4S/c1-13-9-15(6-5-14(13)11-24)25-20(28)22(2,12-29-3)26(21(25)31)16-7-8-17(18(23)10-16)19(27)30-4/h5-10H,12H2,1-4H3. The van der Waals surface area contributed by atoms with Crippen molar-refractivity contribution in [2.75, 3.05) is 30.6 Å². The number of hydrogen-bond donors (Lipinski definition) is 0. The van der Waals surface area contributed by atoms with Crippen LogP contribution in [0.25, 0.3) is 0 Å². The summed E-state index contributed by atoms with van der Waals surface area (Å²) in [5.41, 5.74) is 0.469. The molecule has 0 N–H and O–H groups in total. The number of hydrogen-bond acceptors (Lipinski definition) is 6. The van der Waals surface area contributed by atoms with Gasteiger partial charge in [0.25, 0.3) is 5.91 Å². The number of amides is 1. The quantitative estimate of drug-likeness (QED) is 0.520. The lowest BCUT2D eigenvalue weighted by atomic mass is 10.00. The van der Waals surface area contributed by atoms with E-state index in [-0.39, 0.29) is 28.9 Å². The molecule has 0 aliphatic carbocycles. The van der Waals surface area contributed by atoms with E-state index in [0.29, 0.717) is 16.8 Å². The Balaban J connectivity index is 2.11. The van der Waals surface area contributed by atoms with Crippen LogP contribution in [0.5, 0.6) is 0 Å². The van der Waals surface area contributed by atoms with Crippen molar-refractivity contribution in [1.82, 2.24) is 0 Å². The first-order valence-electron chi connectivity index (χ1n) is 9.26. The number of nitriles is 1. The Bertz CT molecular complexity index is 1130. The van der Waals surface area contributed by atoms with E-state index in [1.54, 1.807) is 32.0 Å². The van der Waals surface area contributed by atoms with Gasteiger partial charge in [0.05, 0.1) is 36.6 Å².